The molecule has 0 spiro atoms. The van der Waals surface area contributed by atoms with Crippen LogP contribution in [0.5, 0.6) is 11.5 Å². The molecular weight excluding hydrogens is 440 g/mol. The molecular formula is C26H19BrO3. The molecule has 0 radical (unpaired) electrons. The van der Waals surface area contributed by atoms with E-state index in [1.165, 1.54) is 0 Å². The van der Waals surface area contributed by atoms with Crippen molar-refractivity contribution in [3.8, 4) is 11.5 Å². The molecule has 5 rings (SSSR count). The molecule has 3 nitrogen and oxygen atoms in total. The molecule has 0 N–H and O–H groups in total. The fourth-order valence-corrected chi connectivity index (χ4v) is 4.46. The molecule has 1 heterocycles. The Kier molecular flexibility index (Phi) is 4.80. The molecule has 0 unspecified atom stereocenters. The maximum Gasteiger partial charge on any atom is 0.204 e. The van der Waals surface area contributed by atoms with Crippen LogP contribution in [0.1, 0.15) is 27.4 Å². The minimum absolute atomic E-state index is 0.0244. The number of hydrogen-bond donors (Lipinski definition) is 0. The quantitative estimate of drug-likeness (QED) is 0.332. The van der Waals surface area contributed by atoms with Crippen molar-refractivity contribution in [2.24, 2.45) is 0 Å². The molecule has 0 saturated heterocycles. The summed E-state index contributed by atoms with van der Waals surface area (Å²) in [4.78, 5) is 13.5. The fraction of sp³-hybridized carbons (Fsp3) is 0.115. The second-order valence-corrected chi connectivity index (χ2v) is 8.27. The van der Waals surface area contributed by atoms with Crippen LogP contribution in [0.4, 0.5) is 0 Å². The summed E-state index contributed by atoms with van der Waals surface area (Å²) in [6.45, 7) is 0. The van der Waals surface area contributed by atoms with E-state index in [1.54, 1.807) is 7.11 Å². The summed E-state index contributed by atoms with van der Waals surface area (Å²) in [5.41, 5.74) is 2.73. The maximum absolute atomic E-state index is 13.5. The van der Waals surface area contributed by atoms with Crippen LogP contribution in [-0.2, 0) is 0 Å². The van der Waals surface area contributed by atoms with E-state index < -0.39 is 6.10 Å². The molecule has 1 aliphatic rings. The van der Waals surface area contributed by atoms with Crippen molar-refractivity contribution in [2.45, 2.75) is 12.0 Å². The van der Waals surface area contributed by atoms with Gasteiger partial charge in [-0.2, -0.15) is 0 Å². The van der Waals surface area contributed by atoms with Gasteiger partial charge in [0.1, 0.15) is 11.5 Å². The molecule has 0 saturated carbocycles. The highest BCUT2D eigenvalue weighted by atomic mass is 79.9. The number of hydrogen-bond acceptors (Lipinski definition) is 3. The summed E-state index contributed by atoms with van der Waals surface area (Å²) >= 11 is 3.44. The zero-order valence-electron chi connectivity index (χ0n) is 16.3. The maximum atomic E-state index is 13.5. The number of ketones is 1. The van der Waals surface area contributed by atoms with Crippen LogP contribution in [0.2, 0.25) is 0 Å². The van der Waals surface area contributed by atoms with Crippen LogP contribution < -0.4 is 9.47 Å². The van der Waals surface area contributed by atoms with Gasteiger partial charge in [-0.3, -0.25) is 4.79 Å². The Bertz CT molecular complexity index is 1230. The summed E-state index contributed by atoms with van der Waals surface area (Å²) in [5.74, 6) is 1.33. The molecule has 148 valence electrons. The van der Waals surface area contributed by atoms with Gasteiger partial charge in [0.2, 0.25) is 5.78 Å². The predicted octanol–water partition coefficient (Wildman–Crippen LogP) is 6.39. The van der Waals surface area contributed by atoms with Gasteiger partial charge in [-0.15, -0.1) is 0 Å². The van der Waals surface area contributed by atoms with E-state index in [9.17, 15) is 4.79 Å². The van der Waals surface area contributed by atoms with Gasteiger partial charge in [0.15, 0.2) is 6.10 Å². The van der Waals surface area contributed by atoms with Gasteiger partial charge in [0.05, 0.1) is 13.0 Å². The van der Waals surface area contributed by atoms with Crippen molar-refractivity contribution in [1.82, 2.24) is 0 Å². The molecule has 0 aliphatic carbocycles. The van der Waals surface area contributed by atoms with Crippen molar-refractivity contribution in [3.63, 3.8) is 0 Å². The van der Waals surface area contributed by atoms with Gasteiger partial charge < -0.3 is 9.47 Å². The molecule has 4 heteroatoms. The summed E-state index contributed by atoms with van der Waals surface area (Å²) < 4.78 is 12.6. The lowest BCUT2D eigenvalue weighted by Crippen LogP contribution is -2.30. The molecule has 0 bridgehead atoms. The minimum atomic E-state index is -0.625. The second kappa shape index (κ2) is 7.62. The van der Waals surface area contributed by atoms with Crippen LogP contribution >= 0.6 is 15.9 Å². The number of carbonyl (C=O) groups is 1. The third-order valence-corrected chi connectivity index (χ3v) is 6.19. The highest BCUT2D eigenvalue weighted by Crippen LogP contribution is 2.47. The average molecular weight is 459 g/mol. The van der Waals surface area contributed by atoms with E-state index in [4.69, 9.17) is 9.47 Å². The summed E-state index contributed by atoms with van der Waals surface area (Å²) in [5, 5.41) is 2.25. The van der Waals surface area contributed by atoms with E-state index >= 15 is 0 Å². The lowest BCUT2D eigenvalue weighted by Gasteiger charge is -2.19. The predicted molar refractivity (Wildman–Crippen MR) is 122 cm³/mol. The molecule has 4 aromatic carbocycles. The van der Waals surface area contributed by atoms with Gasteiger partial charge in [0, 0.05) is 15.6 Å². The lowest BCUT2D eigenvalue weighted by atomic mass is 9.83. The topological polar surface area (TPSA) is 35.5 Å². The fourth-order valence-electron chi connectivity index (χ4n) is 4.19. The first-order valence-electron chi connectivity index (χ1n) is 9.78. The van der Waals surface area contributed by atoms with E-state index in [-0.39, 0.29) is 11.7 Å². The number of ether oxygens (including phenoxy) is 2. The van der Waals surface area contributed by atoms with Crippen molar-refractivity contribution < 1.29 is 14.3 Å². The first-order valence-corrected chi connectivity index (χ1v) is 10.6. The first-order chi connectivity index (χ1) is 14.7. The van der Waals surface area contributed by atoms with Crippen LogP contribution in [0, 0.1) is 0 Å². The number of rotatable bonds is 4. The zero-order chi connectivity index (χ0) is 20.7. The lowest BCUT2D eigenvalue weighted by molar-refractivity contribution is 0.0807. The molecule has 4 aromatic rings. The number of Topliss-reactive ketones (excluding diaryl/α,β-unsaturated/α-hetero) is 1. The largest absolute Gasteiger partial charge is 0.497 e. The Hall–Kier alpha value is -3.11. The molecule has 30 heavy (non-hydrogen) atoms. The summed E-state index contributed by atoms with van der Waals surface area (Å²) in [6, 6.07) is 27.6. The Morgan fingerprint density at radius 2 is 1.63 bits per heavy atom. The van der Waals surface area contributed by atoms with E-state index in [1.807, 2.05) is 72.8 Å². The second-order valence-electron chi connectivity index (χ2n) is 7.36. The third-order valence-electron chi connectivity index (χ3n) is 5.66. The van der Waals surface area contributed by atoms with Crippen molar-refractivity contribution >= 4 is 32.5 Å². The number of halogens is 1. The number of benzene rings is 4. The summed E-state index contributed by atoms with van der Waals surface area (Å²) in [7, 11) is 1.65. The average Bonchev–Trinajstić information content (AvgIpc) is 3.19. The SMILES string of the molecule is COc1ccc([C@H]2c3c(ccc4ccccc34)O[C@H]2C(=O)c2ccc(Br)cc2)cc1. The first kappa shape index (κ1) is 18.9. The standard InChI is InChI=1S/C26H19BrO3/c1-29-20-13-8-17(9-14-20)23-24-21-5-3-2-4-16(21)10-15-22(24)30-26(23)25(28)18-6-11-19(27)12-7-18/h2-15,23,26H,1H3/t23-,26+/m0/s1. The Morgan fingerprint density at radius 1 is 0.900 bits per heavy atom. The monoisotopic (exact) mass is 458 g/mol. The Labute approximate surface area is 183 Å². The van der Waals surface area contributed by atoms with Gasteiger partial charge in [0.25, 0.3) is 0 Å². The third kappa shape index (κ3) is 3.17. The van der Waals surface area contributed by atoms with Crippen LogP contribution in [-0.4, -0.2) is 19.0 Å². The van der Waals surface area contributed by atoms with Gasteiger partial charge >= 0.3 is 0 Å². The zero-order valence-corrected chi connectivity index (χ0v) is 17.9. The van der Waals surface area contributed by atoms with E-state index in [0.29, 0.717) is 5.56 Å². The molecule has 1 aliphatic heterocycles. The van der Waals surface area contributed by atoms with E-state index in [0.717, 1.165) is 37.9 Å². The molecule has 0 fully saturated rings. The molecule has 0 amide bonds. The summed E-state index contributed by atoms with van der Waals surface area (Å²) in [6.07, 6.45) is -0.625. The van der Waals surface area contributed by atoms with Crippen molar-refractivity contribution in [3.05, 3.63) is 106 Å². The minimum Gasteiger partial charge on any atom is -0.497 e. The van der Waals surface area contributed by atoms with E-state index in [2.05, 4.69) is 28.1 Å². The van der Waals surface area contributed by atoms with Gasteiger partial charge in [-0.1, -0.05) is 70.5 Å². The smallest absolute Gasteiger partial charge is 0.204 e. The Morgan fingerprint density at radius 3 is 2.37 bits per heavy atom. The number of methoxy groups -OCH3 is 1. The Balaban J connectivity index is 1.67. The van der Waals surface area contributed by atoms with Crippen LogP contribution in [0.15, 0.2) is 89.4 Å². The number of fused-ring (bicyclic) bond motifs is 3. The number of carbonyl (C=O) groups excluding carboxylic acids is 1. The normalized spacial score (nSPS) is 17.4. The van der Waals surface area contributed by atoms with Gasteiger partial charge in [-0.25, -0.2) is 0 Å². The van der Waals surface area contributed by atoms with Gasteiger partial charge in [-0.05, 0) is 46.7 Å². The highest BCUT2D eigenvalue weighted by molar-refractivity contribution is 9.10. The molecule has 0 aromatic heterocycles. The molecule has 2 atom stereocenters. The highest BCUT2D eigenvalue weighted by Gasteiger charge is 2.41. The van der Waals surface area contributed by atoms with Crippen LogP contribution in [0.25, 0.3) is 10.8 Å². The van der Waals surface area contributed by atoms with Crippen LogP contribution in [0.3, 0.4) is 0 Å². The van der Waals surface area contributed by atoms with Crippen molar-refractivity contribution in [2.75, 3.05) is 7.11 Å². The van der Waals surface area contributed by atoms with Crippen molar-refractivity contribution in [1.29, 1.82) is 0 Å².